The molecule has 0 spiro atoms. The molecule has 4 saturated carbocycles. The zero-order chi connectivity index (χ0) is 31.3. The molecule has 5 aliphatic rings. The quantitative estimate of drug-likeness (QED) is 0.185. The fraction of sp³-hybridized carbons (Fsp3) is 0.857. The first kappa shape index (κ1) is 32.2. The Balaban J connectivity index is 1.58. The van der Waals surface area contributed by atoms with E-state index in [-0.39, 0.29) is 34.7 Å². The molecule has 4 unspecified atom stereocenters. The highest BCUT2D eigenvalue weighted by molar-refractivity contribution is 5.87. The van der Waals surface area contributed by atoms with E-state index < -0.39 is 53.2 Å². The van der Waals surface area contributed by atoms with Gasteiger partial charge in [-0.25, -0.2) is 4.79 Å². The molecule has 238 valence electrons. The highest BCUT2D eigenvalue weighted by Gasteiger charge is 2.72. The van der Waals surface area contributed by atoms with Crippen LogP contribution in [0.2, 0.25) is 0 Å². The first-order valence-corrected chi connectivity index (χ1v) is 16.2. The van der Waals surface area contributed by atoms with Crippen molar-refractivity contribution in [2.75, 3.05) is 13.2 Å². The lowest BCUT2D eigenvalue weighted by Gasteiger charge is -2.72. The van der Waals surface area contributed by atoms with E-state index in [2.05, 4.69) is 33.8 Å². The van der Waals surface area contributed by atoms with Gasteiger partial charge in [0.05, 0.1) is 30.8 Å². The van der Waals surface area contributed by atoms with Gasteiger partial charge in [0.15, 0.2) is 0 Å². The van der Waals surface area contributed by atoms with Crippen LogP contribution in [0.25, 0.3) is 0 Å². The second-order valence-electron chi connectivity index (χ2n) is 16.5. The van der Waals surface area contributed by atoms with E-state index in [9.17, 15) is 30.3 Å². The molecule has 0 saturated heterocycles. The lowest BCUT2D eigenvalue weighted by Crippen LogP contribution is -2.72. The number of aliphatic hydroxyl groups is 5. The molecule has 5 rings (SSSR count). The maximum absolute atomic E-state index is 12.9. The summed E-state index contributed by atoms with van der Waals surface area (Å²) in [5, 5.41) is 56.6. The van der Waals surface area contributed by atoms with Gasteiger partial charge in [-0.1, -0.05) is 59.3 Å². The second kappa shape index (κ2) is 10.1. The van der Waals surface area contributed by atoms with Crippen molar-refractivity contribution in [2.45, 2.75) is 125 Å². The molecule has 0 aromatic carbocycles. The molecule has 7 nitrogen and oxygen atoms in total. The van der Waals surface area contributed by atoms with Gasteiger partial charge in [-0.3, -0.25) is 0 Å². The summed E-state index contributed by atoms with van der Waals surface area (Å²) in [7, 11) is 0. The summed E-state index contributed by atoms with van der Waals surface area (Å²) < 4.78 is 5.93. The van der Waals surface area contributed by atoms with E-state index in [0.717, 1.165) is 25.7 Å². The number of esters is 1. The maximum Gasteiger partial charge on any atom is 0.333 e. The Morgan fingerprint density at radius 2 is 1.62 bits per heavy atom. The first-order chi connectivity index (χ1) is 19.4. The van der Waals surface area contributed by atoms with E-state index >= 15 is 0 Å². The summed E-state index contributed by atoms with van der Waals surface area (Å²) in [5.74, 6) is -0.241. The summed E-state index contributed by atoms with van der Waals surface area (Å²) >= 11 is 0. The molecule has 0 bridgehead atoms. The van der Waals surface area contributed by atoms with Gasteiger partial charge in [0, 0.05) is 16.4 Å². The molecule has 0 aliphatic heterocycles. The van der Waals surface area contributed by atoms with Crippen LogP contribution in [0.3, 0.4) is 0 Å². The van der Waals surface area contributed by atoms with Gasteiger partial charge in [-0.05, 0) is 92.8 Å². The zero-order valence-electron chi connectivity index (χ0n) is 27.1. The molecule has 0 aromatic rings. The summed E-state index contributed by atoms with van der Waals surface area (Å²) in [6.45, 7) is 16.2. The molecule has 12 atom stereocenters. The average molecular weight is 589 g/mol. The minimum absolute atomic E-state index is 0.0255. The zero-order valence-corrected chi connectivity index (χ0v) is 27.1. The summed E-state index contributed by atoms with van der Waals surface area (Å²) in [4.78, 5) is 12.9. The Morgan fingerprint density at radius 1 is 0.952 bits per heavy atom. The van der Waals surface area contributed by atoms with Gasteiger partial charge in [0.2, 0.25) is 0 Å². The van der Waals surface area contributed by atoms with Gasteiger partial charge in [0.25, 0.3) is 0 Å². The third-order valence-corrected chi connectivity index (χ3v) is 14.5. The monoisotopic (exact) mass is 588 g/mol. The standard InChI is InChI=1S/C35H56O7/c1-9-20(2)29(41)42-28-27(40)35(19-37)22(16-30(28,3)4)21-10-11-24-31(5)14-13-25(38)32(6,18-36)23(31)12-15-33(24,7)34(21,8)17-26(35)39/h9-10,22-28,36-40H,11-19H2,1-8H3/b20-9+/t22-,23+,24+,25?,26?,27?,28?,31-,32-,33+,34+,35-/m0/s1. The molecule has 0 radical (unpaired) electrons. The van der Waals surface area contributed by atoms with E-state index in [1.165, 1.54) is 5.57 Å². The van der Waals surface area contributed by atoms with Crippen LogP contribution >= 0.6 is 0 Å². The number of carbonyl (C=O) groups is 1. The minimum atomic E-state index is -1.23. The third kappa shape index (κ3) is 3.92. The fourth-order valence-corrected chi connectivity index (χ4v) is 11.5. The van der Waals surface area contributed by atoms with Crippen molar-refractivity contribution in [3.05, 3.63) is 23.3 Å². The van der Waals surface area contributed by atoms with Crippen LogP contribution < -0.4 is 0 Å². The van der Waals surface area contributed by atoms with E-state index in [4.69, 9.17) is 4.74 Å². The molecule has 0 heterocycles. The highest BCUT2D eigenvalue weighted by Crippen LogP contribution is 2.75. The van der Waals surface area contributed by atoms with Gasteiger partial charge < -0.3 is 30.3 Å². The summed E-state index contributed by atoms with van der Waals surface area (Å²) in [6, 6.07) is 0. The number of ether oxygens (including phenoxy) is 1. The Bertz CT molecular complexity index is 1160. The molecule has 42 heavy (non-hydrogen) atoms. The molecular formula is C35H56O7. The topological polar surface area (TPSA) is 127 Å². The third-order valence-electron chi connectivity index (χ3n) is 14.5. The average Bonchev–Trinajstić information content (AvgIpc) is 2.93. The summed E-state index contributed by atoms with van der Waals surface area (Å²) in [6.07, 6.45) is 5.72. The second-order valence-corrected chi connectivity index (χ2v) is 16.5. The lowest BCUT2D eigenvalue weighted by atomic mass is 9.33. The van der Waals surface area contributed by atoms with Crippen molar-refractivity contribution in [2.24, 2.45) is 50.2 Å². The normalized spacial score (nSPS) is 51.8. The number of allylic oxidation sites excluding steroid dienone is 3. The van der Waals surface area contributed by atoms with Crippen LogP contribution in [-0.4, -0.2) is 69.1 Å². The van der Waals surface area contributed by atoms with Crippen molar-refractivity contribution in [3.8, 4) is 0 Å². The van der Waals surface area contributed by atoms with Gasteiger partial charge in [-0.15, -0.1) is 0 Å². The van der Waals surface area contributed by atoms with Crippen LogP contribution in [0.5, 0.6) is 0 Å². The maximum atomic E-state index is 12.9. The Hall–Kier alpha value is -1.25. The largest absolute Gasteiger partial charge is 0.456 e. The van der Waals surface area contributed by atoms with Gasteiger partial charge in [0.1, 0.15) is 12.2 Å². The number of rotatable bonds is 4. The number of hydrogen-bond acceptors (Lipinski definition) is 7. The first-order valence-electron chi connectivity index (χ1n) is 16.2. The van der Waals surface area contributed by atoms with Gasteiger partial charge in [-0.2, -0.15) is 0 Å². The van der Waals surface area contributed by atoms with Crippen LogP contribution in [-0.2, 0) is 9.53 Å². The van der Waals surface area contributed by atoms with Crippen molar-refractivity contribution in [1.82, 2.24) is 0 Å². The van der Waals surface area contributed by atoms with Crippen LogP contribution in [0, 0.1) is 50.2 Å². The number of hydrogen-bond donors (Lipinski definition) is 5. The van der Waals surface area contributed by atoms with Crippen molar-refractivity contribution < 1.29 is 35.1 Å². The van der Waals surface area contributed by atoms with Crippen molar-refractivity contribution >= 4 is 5.97 Å². The molecule has 4 fully saturated rings. The van der Waals surface area contributed by atoms with Crippen molar-refractivity contribution in [3.63, 3.8) is 0 Å². The minimum Gasteiger partial charge on any atom is -0.456 e. The Labute approximate surface area is 252 Å². The smallest absolute Gasteiger partial charge is 0.333 e. The van der Waals surface area contributed by atoms with Crippen LogP contribution in [0.1, 0.15) is 100 Å². The molecular weight excluding hydrogens is 532 g/mol. The molecule has 0 aromatic heterocycles. The Morgan fingerprint density at radius 3 is 2.21 bits per heavy atom. The van der Waals surface area contributed by atoms with E-state index in [0.29, 0.717) is 30.8 Å². The van der Waals surface area contributed by atoms with Crippen LogP contribution in [0.4, 0.5) is 0 Å². The van der Waals surface area contributed by atoms with Crippen molar-refractivity contribution in [1.29, 1.82) is 0 Å². The van der Waals surface area contributed by atoms with Crippen LogP contribution in [0.15, 0.2) is 23.3 Å². The van der Waals surface area contributed by atoms with E-state index in [1.807, 2.05) is 13.8 Å². The number of fused-ring (bicyclic) bond motifs is 7. The van der Waals surface area contributed by atoms with E-state index in [1.54, 1.807) is 19.9 Å². The number of carbonyl (C=O) groups excluding carboxylic acids is 1. The summed E-state index contributed by atoms with van der Waals surface area (Å²) in [5.41, 5.74) is -1.25. The predicted molar refractivity (Wildman–Crippen MR) is 161 cm³/mol. The predicted octanol–water partition coefficient (Wildman–Crippen LogP) is 4.54. The lowest BCUT2D eigenvalue weighted by molar-refractivity contribution is -0.262. The molecule has 5 aliphatic carbocycles. The molecule has 5 N–H and O–H groups in total. The Kier molecular flexibility index (Phi) is 7.76. The van der Waals surface area contributed by atoms with Gasteiger partial charge >= 0.3 is 5.97 Å². The molecule has 7 heteroatoms. The SMILES string of the molecule is C/C=C(\C)C(=O)OC1C(O)[C@]2(CO)C(O)C[C@]3(C)C(=CC[C@@H]4[C@@]5(C)CCC(O)[C@@](C)(CO)[C@@H]5CC[C@]43C)[C@@H]2CC1(C)C. The fourth-order valence-electron chi connectivity index (χ4n) is 11.5. The highest BCUT2D eigenvalue weighted by atomic mass is 16.6. The number of aliphatic hydroxyl groups excluding tert-OH is 5. The molecule has 0 amide bonds.